The predicted octanol–water partition coefficient (Wildman–Crippen LogP) is -2.82. The number of benzene rings is 2. The Hall–Kier alpha value is -4.46. The van der Waals surface area contributed by atoms with Gasteiger partial charge >= 0.3 is 23.9 Å². The van der Waals surface area contributed by atoms with Gasteiger partial charge in [-0.05, 0) is 11.1 Å². The molecular formula is C40H56EuN8O14. The van der Waals surface area contributed by atoms with Crippen LogP contribution < -0.4 is 21.3 Å². The van der Waals surface area contributed by atoms with Gasteiger partial charge in [0.05, 0.1) is 52.6 Å². The Morgan fingerprint density at radius 2 is 0.762 bits per heavy atom. The number of carbonyl (C=O) groups excluding carboxylic acids is 4. The summed E-state index contributed by atoms with van der Waals surface area (Å²) in [7, 11) is 0. The van der Waals surface area contributed by atoms with E-state index in [-0.39, 0.29) is 154 Å². The van der Waals surface area contributed by atoms with E-state index in [0.29, 0.717) is 0 Å². The fourth-order valence-corrected chi connectivity index (χ4v) is 6.05. The number of hydrogen-bond acceptors (Lipinski definition) is 14. The Morgan fingerprint density at radius 3 is 1.03 bits per heavy atom. The second-order valence-electron chi connectivity index (χ2n) is 14.4. The molecule has 1 fully saturated rings. The molecule has 0 aromatic heterocycles. The molecule has 2 aromatic carbocycles. The van der Waals surface area contributed by atoms with Gasteiger partial charge in [0.1, 0.15) is 13.1 Å². The van der Waals surface area contributed by atoms with Gasteiger partial charge in [0, 0.05) is 102 Å². The molecule has 0 saturated carbocycles. The van der Waals surface area contributed by atoms with Crippen molar-refractivity contribution in [2.24, 2.45) is 0 Å². The molecule has 347 valence electrons. The van der Waals surface area contributed by atoms with Crippen molar-refractivity contribution in [1.82, 2.24) is 40.9 Å². The minimum Gasteiger partial charge on any atom is -0.480 e. The van der Waals surface area contributed by atoms with Crippen LogP contribution in [0.2, 0.25) is 0 Å². The van der Waals surface area contributed by atoms with Crippen molar-refractivity contribution in [3.63, 3.8) is 0 Å². The molecule has 22 nitrogen and oxygen atoms in total. The molecule has 63 heavy (non-hydrogen) atoms. The maximum absolute atomic E-state index is 13.3. The van der Waals surface area contributed by atoms with Gasteiger partial charge in [-0.15, -0.1) is 0 Å². The van der Waals surface area contributed by atoms with Gasteiger partial charge in [-0.3, -0.25) is 48.4 Å². The second kappa shape index (κ2) is 30.6. The molecule has 0 aliphatic carbocycles. The van der Waals surface area contributed by atoms with E-state index < -0.39 is 72.7 Å². The molecule has 4 amide bonds. The number of nitrogens with zero attached hydrogens (tertiary/aromatic N) is 4. The van der Waals surface area contributed by atoms with Gasteiger partial charge in [0.25, 0.3) is 0 Å². The van der Waals surface area contributed by atoms with E-state index in [4.69, 9.17) is 19.7 Å². The normalized spacial score (nSPS) is 15.5. The molecule has 1 saturated heterocycles. The molecule has 1 heterocycles. The number of rotatable bonds is 24. The summed E-state index contributed by atoms with van der Waals surface area (Å²) in [6.07, 6.45) is 0. The zero-order chi connectivity index (χ0) is 45.3. The third kappa shape index (κ3) is 24.3. The van der Waals surface area contributed by atoms with Crippen LogP contribution in [-0.4, -0.2) is 204 Å². The van der Waals surface area contributed by atoms with Gasteiger partial charge in [0.15, 0.2) is 12.1 Å². The number of hydrogen-bond donors (Lipinski definition) is 8. The topological polar surface area (TPSA) is 297 Å². The van der Waals surface area contributed by atoms with Gasteiger partial charge < -0.3 is 51.2 Å². The third-order valence-corrected chi connectivity index (χ3v) is 9.33. The average Bonchev–Trinajstić information content (AvgIpc) is 3.22. The van der Waals surface area contributed by atoms with Crippen molar-refractivity contribution in [1.29, 1.82) is 0 Å². The van der Waals surface area contributed by atoms with Crippen LogP contribution in [0.1, 0.15) is 11.1 Å². The Labute approximate surface area is 405 Å². The minimum absolute atomic E-state index is 0. The molecule has 3 rings (SSSR count). The molecule has 8 N–H and O–H groups in total. The molecule has 1 aliphatic rings. The first-order valence-electron chi connectivity index (χ1n) is 19.8. The van der Waals surface area contributed by atoms with E-state index in [9.17, 15) is 48.6 Å². The number of nitrogens with one attached hydrogen (secondary N) is 4. The molecule has 0 bridgehead atoms. The first-order chi connectivity index (χ1) is 29.7. The summed E-state index contributed by atoms with van der Waals surface area (Å²) >= 11 is 0. The fourth-order valence-electron chi connectivity index (χ4n) is 6.05. The maximum atomic E-state index is 13.3. The molecule has 2 unspecified atom stereocenters. The molecule has 1 aliphatic heterocycles. The summed E-state index contributed by atoms with van der Waals surface area (Å²) in [5.74, 6) is -7.64. The van der Waals surface area contributed by atoms with Crippen LogP contribution in [0.3, 0.4) is 0 Å². The van der Waals surface area contributed by atoms with Crippen molar-refractivity contribution in [3.8, 4) is 0 Å². The smallest absolute Gasteiger partial charge is 0.328 e. The standard InChI is InChI=1S/C40H56N8O14.Eu/c49-33(41-19-37(53)54)21-45-11-15-47(23-35(51)43-31(39(57)58)27-61-25-29-7-3-1-4-8-29)16-12-46(22-34(50)42-20-38(55)56)14-18-48(17-13-45)24-36(52)44-32(40(59)60)28-62-26-30-9-5-2-6-10-30;/h1-10,31-32H,11-28H2,(H,41,49)(H,42,50)(H,43,51)(H,44,52)(H,53,54)(H,55,56)(H,57,58)(H,59,60);. The first kappa shape index (κ1) is 54.7. The number of ether oxygens (including phenoxy) is 2. The largest absolute Gasteiger partial charge is 0.480 e. The number of amides is 4. The minimum atomic E-state index is -1.38. The third-order valence-electron chi connectivity index (χ3n) is 9.33. The van der Waals surface area contributed by atoms with Crippen LogP contribution in [0, 0.1) is 49.4 Å². The Balaban J connectivity index is 0.0000137. The van der Waals surface area contributed by atoms with Crippen LogP contribution in [-0.2, 0) is 61.0 Å². The van der Waals surface area contributed by atoms with Crippen LogP contribution in [0.4, 0.5) is 0 Å². The molecule has 2 atom stereocenters. The number of carboxylic acids is 4. The first-order valence-corrected chi connectivity index (χ1v) is 19.8. The molecule has 2 aromatic rings. The van der Waals surface area contributed by atoms with Gasteiger partial charge in [0.2, 0.25) is 23.6 Å². The van der Waals surface area contributed by atoms with Gasteiger partial charge in [-0.1, -0.05) is 60.7 Å². The van der Waals surface area contributed by atoms with E-state index in [0.717, 1.165) is 11.1 Å². The van der Waals surface area contributed by atoms with Crippen molar-refractivity contribution in [2.75, 3.05) is 105 Å². The fraction of sp³-hybridized carbons (Fsp3) is 0.500. The van der Waals surface area contributed by atoms with Gasteiger partial charge in [-0.25, -0.2) is 9.59 Å². The van der Waals surface area contributed by atoms with Crippen LogP contribution >= 0.6 is 0 Å². The maximum Gasteiger partial charge on any atom is 0.328 e. The number of carbonyl (C=O) groups is 8. The summed E-state index contributed by atoms with van der Waals surface area (Å²) in [6, 6.07) is 15.3. The quantitative estimate of drug-likeness (QED) is 0.0526. The van der Waals surface area contributed by atoms with E-state index in [1.807, 2.05) is 12.1 Å². The Morgan fingerprint density at radius 1 is 0.476 bits per heavy atom. The van der Waals surface area contributed by atoms with Crippen molar-refractivity contribution in [2.45, 2.75) is 25.3 Å². The number of carboxylic acid groups (broad SMARTS) is 4. The summed E-state index contributed by atoms with van der Waals surface area (Å²) in [5, 5.41) is 47.4. The summed E-state index contributed by atoms with van der Waals surface area (Å²) in [4.78, 5) is 105. The molecule has 23 heteroatoms. The van der Waals surface area contributed by atoms with E-state index in [2.05, 4.69) is 21.3 Å². The van der Waals surface area contributed by atoms with E-state index in [1.54, 1.807) is 68.1 Å². The van der Waals surface area contributed by atoms with Crippen LogP contribution in [0.5, 0.6) is 0 Å². The summed E-state index contributed by atoms with van der Waals surface area (Å²) in [6.45, 7) is -1.71. The van der Waals surface area contributed by atoms with Crippen LogP contribution in [0.25, 0.3) is 0 Å². The van der Waals surface area contributed by atoms with Gasteiger partial charge in [-0.2, -0.15) is 0 Å². The Kier molecular flexibility index (Phi) is 26.6. The number of aliphatic carboxylic acids is 4. The molecular weight excluding hydrogens is 968 g/mol. The van der Waals surface area contributed by atoms with Crippen molar-refractivity contribution < 1.29 is 118 Å². The molecule has 0 spiro atoms. The molecule has 1 radical (unpaired) electrons. The monoisotopic (exact) mass is 1030 g/mol. The zero-order valence-electron chi connectivity index (χ0n) is 34.7. The van der Waals surface area contributed by atoms with Crippen LogP contribution in [0.15, 0.2) is 60.7 Å². The average molecular weight is 1020 g/mol. The van der Waals surface area contributed by atoms with E-state index >= 15 is 0 Å². The zero-order valence-corrected chi connectivity index (χ0v) is 37.1. The SMILES string of the molecule is O=C(O)CNC(=O)CN1CCN(CC(=O)NC(COCc2ccccc2)C(=O)O)CCN(CC(=O)NCC(=O)O)CCN(CC(=O)NC(COCc2ccccc2)C(=O)O)CC1.[Eu]. The van der Waals surface area contributed by atoms with Crippen molar-refractivity contribution >= 4 is 47.5 Å². The second-order valence-corrected chi connectivity index (χ2v) is 14.4. The Bertz CT molecular complexity index is 1640. The summed E-state index contributed by atoms with van der Waals surface area (Å²) in [5.41, 5.74) is 1.62. The van der Waals surface area contributed by atoms with Crippen molar-refractivity contribution in [3.05, 3.63) is 71.8 Å². The summed E-state index contributed by atoms with van der Waals surface area (Å²) < 4.78 is 11.1. The van der Waals surface area contributed by atoms with E-state index in [1.165, 1.54) is 0 Å². The predicted molar refractivity (Wildman–Crippen MR) is 218 cm³/mol.